The lowest BCUT2D eigenvalue weighted by atomic mass is 10.5. The van der Waals surface area contributed by atoms with Crippen molar-refractivity contribution >= 4 is 8.03 Å². The lowest BCUT2D eigenvalue weighted by molar-refractivity contribution is -0.130. The van der Waals surface area contributed by atoms with Crippen LogP contribution in [0.2, 0.25) is 0 Å². The standard InChI is InChI=1S/C3H4F3O2P/c4-3(5,6)1-2-9(7)8/h1-2H2/p+1. The molecule has 0 heterocycles. The maximum atomic E-state index is 11.2. The first-order chi connectivity index (χ1) is 3.92. The molecule has 0 aliphatic carbocycles. The van der Waals surface area contributed by atoms with Crippen molar-refractivity contribution in [1.29, 1.82) is 0 Å². The zero-order valence-electron chi connectivity index (χ0n) is 4.35. The van der Waals surface area contributed by atoms with Crippen LogP contribution in [0.3, 0.4) is 0 Å². The molecule has 0 bridgehead atoms. The predicted molar refractivity (Wildman–Crippen MR) is 25.4 cm³/mol. The van der Waals surface area contributed by atoms with Crippen LogP contribution in [0.15, 0.2) is 0 Å². The zero-order chi connectivity index (χ0) is 7.49. The Morgan fingerprint density at radius 1 is 1.44 bits per heavy atom. The predicted octanol–water partition coefficient (Wildman–Crippen LogP) is 1.67. The molecular weight excluding hydrogens is 156 g/mol. The summed E-state index contributed by atoms with van der Waals surface area (Å²) < 4.78 is 43.2. The Kier molecular flexibility index (Phi) is 3.08. The van der Waals surface area contributed by atoms with E-state index in [9.17, 15) is 17.7 Å². The van der Waals surface area contributed by atoms with E-state index in [2.05, 4.69) is 0 Å². The first-order valence-electron chi connectivity index (χ1n) is 2.12. The molecule has 0 aliphatic rings. The second-order valence-electron chi connectivity index (χ2n) is 1.44. The van der Waals surface area contributed by atoms with Gasteiger partial charge in [0, 0.05) is 0 Å². The third kappa shape index (κ3) is 7.85. The molecule has 0 saturated carbocycles. The Morgan fingerprint density at radius 3 is 2.00 bits per heavy atom. The molecule has 0 amide bonds. The van der Waals surface area contributed by atoms with E-state index in [1.54, 1.807) is 0 Å². The summed E-state index contributed by atoms with van der Waals surface area (Å²) in [6.07, 6.45) is -6.19. The van der Waals surface area contributed by atoms with E-state index in [0.717, 1.165) is 0 Å². The van der Waals surface area contributed by atoms with Crippen molar-refractivity contribution in [3.8, 4) is 0 Å². The van der Waals surface area contributed by atoms with Gasteiger partial charge in [-0.2, -0.15) is 18.1 Å². The van der Waals surface area contributed by atoms with Crippen molar-refractivity contribution in [2.24, 2.45) is 0 Å². The van der Waals surface area contributed by atoms with Crippen LogP contribution in [0, 0.1) is 0 Å². The Balaban J connectivity index is 3.39. The summed E-state index contributed by atoms with van der Waals surface area (Å²) in [5.74, 6) is 0. The summed E-state index contributed by atoms with van der Waals surface area (Å²) in [5.41, 5.74) is 0. The number of alkyl halides is 3. The number of halogens is 3. The Hall–Kier alpha value is -0.150. The van der Waals surface area contributed by atoms with E-state index in [1.165, 1.54) is 0 Å². The minimum atomic E-state index is -4.31. The maximum Gasteiger partial charge on any atom is 0.505 e. The van der Waals surface area contributed by atoms with E-state index in [1.807, 2.05) is 0 Å². The Labute approximate surface area is 50.6 Å². The maximum absolute atomic E-state index is 11.2. The molecule has 54 valence electrons. The highest BCUT2D eigenvalue weighted by molar-refractivity contribution is 7.37. The van der Waals surface area contributed by atoms with Gasteiger partial charge in [-0.25, -0.2) is 0 Å². The van der Waals surface area contributed by atoms with Crippen LogP contribution in [0.4, 0.5) is 13.2 Å². The molecule has 2 nitrogen and oxygen atoms in total. The van der Waals surface area contributed by atoms with Gasteiger partial charge in [0.15, 0.2) is 6.16 Å². The zero-order valence-corrected chi connectivity index (χ0v) is 5.25. The van der Waals surface area contributed by atoms with Gasteiger partial charge in [0.05, 0.1) is 6.42 Å². The van der Waals surface area contributed by atoms with Gasteiger partial charge in [-0.15, -0.1) is 0 Å². The molecule has 0 rings (SSSR count). The third-order valence-corrected chi connectivity index (χ3v) is 1.19. The Bertz CT molecular complexity index is 110. The van der Waals surface area contributed by atoms with Crippen LogP contribution < -0.4 is 0 Å². The van der Waals surface area contributed by atoms with Gasteiger partial charge in [-0.1, -0.05) is 0 Å². The summed E-state index contributed by atoms with van der Waals surface area (Å²) in [5, 5.41) is 0. The van der Waals surface area contributed by atoms with Crippen molar-refractivity contribution in [2.75, 3.05) is 6.16 Å². The van der Waals surface area contributed by atoms with Crippen LogP contribution in [0.1, 0.15) is 6.42 Å². The number of hydrogen-bond acceptors (Lipinski definition) is 1. The monoisotopic (exact) mass is 161 g/mol. The van der Waals surface area contributed by atoms with Gasteiger partial charge in [0.1, 0.15) is 0 Å². The van der Waals surface area contributed by atoms with Crippen molar-refractivity contribution in [2.45, 2.75) is 12.6 Å². The molecule has 0 saturated heterocycles. The average Bonchev–Trinajstić information content (AvgIpc) is 1.59. The molecule has 0 aromatic rings. The smallest absolute Gasteiger partial charge is 0.171 e. The number of rotatable bonds is 2. The van der Waals surface area contributed by atoms with Gasteiger partial charge < -0.3 is 0 Å². The first-order valence-corrected chi connectivity index (χ1v) is 3.52. The minimum Gasteiger partial charge on any atom is -0.171 e. The van der Waals surface area contributed by atoms with Crippen LogP contribution in [-0.2, 0) is 4.57 Å². The van der Waals surface area contributed by atoms with Crippen molar-refractivity contribution in [3.05, 3.63) is 0 Å². The third-order valence-electron chi connectivity index (χ3n) is 0.587. The van der Waals surface area contributed by atoms with Crippen LogP contribution in [-0.4, -0.2) is 17.2 Å². The quantitative estimate of drug-likeness (QED) is 0.625. The Morgan fingerprint density at radius 2 is 1.89 bits per heavy atom. The highest BCUT2D eigenvalue weighted by Crippen LogP contribution is 2.25. The topological polar surface area (TPSA) is 37.3 Å². The molecule has 6 heteroatoms. The van der Waals surface area contributed by atoms with Gasteiger partial charge in [0.25, 0.3) is 0 Å². The lowest BCUT2D eigenvalue weighted by Gasteiger charge is -1.97. The highest BCUT2D eigenvalue weighted by Gasteiger charge is 2.31. The average molecular weight is 161 g/mol. The molecular formula is C3H5F3O2P+. The van der Waals surface area contributed by atoms with E-state index < -0.39 is 26.8 Å². The molecule has 1 atom stereocenters. The van der Waals surface area contributed by atoms with Gasteiger partial charge in [0.2, 0.25) is 0 Å². The fourth-order valence-electron chi connectivity index (χ4n) is 0.222. The summed E-state index contributed by atoms with van der Waals surface area (Å²) in [6.45, 7) is 0. The fourth-order valence-corrected chi connectivity index (χ4v) is 0.667. The number of hydrogen-bond donors (Lipinski definition) is 1. The van der Waals surface area contributed by atoms with E-state index >= 15 is 0 Å². The molecule has 0 aromatic heterocycles. The molecule has 1 N–H and O–H groups in total. The summed E-state index contributed by atoms with van der Waals surface area (Å²) in [7, 11) is -2.63. The largest absolute Gasteiger partial charge is 0.505 e. The van der Waals surface area contributed by atoms with Crippen LogP contribution in [0.25, 0.3) is 0 Å². The molecule has 9 heavy (non-hydrogen) atoms. The SMILES string of the molecule is O=[P+](O)CCC(F)(F)F. The fraction of sp³-hybridized carbons (Fsp3) is 1.00. The summed E-state index contributed by atoms with van der Waals surface area (Å²) in [4.78, 5) is 7.92. The normalized spacial score (nSPS) is 13.6. The molecule has 0 fully saturated rings. The highest BCUT2D eigenvalue weighted by atomic mass is 31.1. The molecule has 0 aliphatic heterocycles. The first kappa shape index (κ1) is 8.85. The second-order valence-corrected chi connectivity index (χ2v) is 2.59. The summed E-state index contributed by atoms with van der Waals surface area (Å²) in [6, 6.07) is 0. The lowest BCUT2D eigenvalue weighted by Crippen LogP contribution is -2.07. The van der Waals surface area contributed by atoms with E-state index in [0.29, 0.717) is 0 Å². The van der Waals surface area contributed by atoms with Crippen LogP contribution >= 0.6 is 8.03 Å². The van der Waals surface area contributed by atoms with Gasteiger partial charge >= 0.3 is 14.2 Å². The summed E-state index contributed by atoms with van der Waals surface area (Å²) >= 11 is 0. The van der Waals surface area contributed by atoms with E-state index in [-0.39, 0.29) is 0 Å². The van der Waals surface area contributed by atoms with Crippen molar-refractivity contribution in [1.82, 2.24) is 0 Å². The van der Waals surface area contributed by atoms with Gasteiger partial charge in [-0.3, -0.25) is 0 Å². The van der Waals surface area contributed by atoms with Gasteiger partial charge in [-0.05, 0) is 4.57 Å². The molecule has 0 radical (unpaired) electrons. The minimum absolute atomic E-state index is 0.696. The molecule has 0 spiro atoms. The molecule has 1 unspecified atom stereocenters. The molecule has 0 aromatic carbocycles. The second kappa shape index (κ2) is 3.13. The van der Waals surface area contributed by atoms with Crippen molar-refractivity contribution < 1.29 is 22.6 Å². The van der Waals surface area contributed by atoms with Crippen LogP contribution in [0.5, 0.6) is 0 Å². The van der Waals surface area contributed by atoms with E-state index in [4.69, 9.17) is 4.89 Å². The van der Waals surface area contributed by atoms with Crippen molar-refractivity contribution in [3.63, 3.8) is 0 Å².